The van der Waals surface area contributed by atoms with Crippen molar-refractivity contribution < 1.29 is 4.79 Å². The van der Waals surface area contributed by atoms with E-state index >= 15 is 0 Å². The Morgan fingerprint density at radius 3 is 3.10 bits per heavy atom. The highest BCUT2D eigenvalue weighted by molar-refractivity contribution is 6.08. The van der Waals surface area contributed by atoms with Crippen LogP contribution in [0.4, 0.5) is 0 Å². The van der Waals surface area contributed by atoms with E-state index in [9.17, 15) is 4.79 Å². The average molecular weight is 270 g/mol. The van der Waals surface area contributed by atoms with Gasteiger partial charge in [-0.1, -0.05) is 18.6 Å². The van der Waals surface area contributed by atoms with Gasteiger partial charge in [0.1, 0.15) is 0 Å². The molecule has 2 heterocycles. The highest BCUT2D eigenvalue weighted by Gasteiger charge is 2.20. The average Bonchev–Trinajstić information content (AvgIpc) is 2.81. The smallest absolute Gasteiger partial charge is 0.178 e. The van der Waals surface area contributed by atoms with Crippen molar-refractivity contribution >= 4 is 16.7 Å². The van der Waals surface area contributed by atoms with Crippen LogP contribution in [0.1, 0.15) is 35.7 Å². The first kappa shape index (κ1) is 13.4. The van der Waals surface area contributed by atoms with Crippen LogP contribution in [0, 0.1) is 12.8 Å². The van der Waals surface area contributed by atoms with Crippen molar-refractivity contribution in [1.29, 1.82) is 0 Å². The lowest BCUT2D eigenvalue weighted by Crippen LogP contribution is -2.37. The summed E-state index contributed by atoms with van der Waals surface area (Å²) in [4.78, 5) is 18.0. The fraction of sp³-hybridized carbons (Fsp3) is 0.471. The predicted octanol–water partition coefficient (Wildman–Crippen LogP) is 3.39. The van der Waals surface area contributed by atoms with Gasteiger partial charge in [0.2, 0.25) is 0 Å². The van der Waals surface area contributed by atoms with E-state index in [1.807, 2.05) is 12.3 Å². The number of H-pyrrole nitrogens is 1. The van der Waals surface area contributed by atoms with E-state index in [-0.39, 0.29) is 5.78 Å². The van der Waals surface area contributed by atoms with E-state index in [4.69, 9.17) is 0 Å². The molecule has 0 spiro atoms. The standard InChI is InChI=1S/C17H22N2O/c1-12-5-6-16-14(8-12)15(9-18-16)17(20)11-19-7-3-4-13(2)10-19/h5-6,8-9,13,18H,3-4,7,10-11H2,1-2H3. The molecule has 1 atom stereocenters. The highest BCUT2D eigenvalue weighted by atomic mass is 16.1. The van der Waals surface area contributed by atoms with Crippen LogP contribution in [-0.2, 0) is 0 Å². The van der Waals surface area contributed by atoms with E-state index in [0.717, 1.165) is 29.6 Å². The summed E-state index contributed by atoms with van der Waals surface area (Å²) in [6.45, 7) is 6.98. The van der Waals surface area contributed by atoms with Crippen molar-refractivity contribution in [3.8, 4) is 0 Å². The Kier molecular flexibility index (Phi) is 3.62. The Balaban J connectivity index is 1.80. The number of hydrogen-bond donors (Lipinski definition) is 1. The zero-order valence-electron chi connectivity index (χ0n) is 12.3. The molecule has 1 aromatic carbocycles. The first-order chi connectivity index (χ1) is 9.63. The Morgan fingerprint density at radius 2 is 2.30 bits per heavy atom. The number of carbonyl (C=O) groups excluding carboxylic acids is 1. The molecule has 3 rings (SSSR count). The Labute approximate surface area is 120 Å². The number of fused-ring (bicyclic) bond motifs is 1. The third-order valence-electron chi connectivity index (χ3n) is 4.25. The fourth-order valence-corrected chi connectivity index (χ4v) is 3.18. The van der Waals surface area contributed by atoms with Gasteiger partial charge in [-0.15, -0.1) is 0 Å². The molecule has 1 aliphatic heterocycles. The lowest BCUT2D eigenvalue weighted by Gasteiger charge is -2.30. The molecule has 3 nitrogen and oxygen atoms in total. The molecular weight excluding hydrogens is 248 g/mol. The third kappa shape index (κ3) is 2.63. The van der Waals surface area contributed by atoms with Gasteiger partial charge in [0, 0.05) is 29.2 Å². The second-order valence-electron chi connectivity index (χ2n) is 6.16. The number of piperidine rings is 1. The number of nitrogens with zero attached hydrogens (tertiary/aromatic N) is 1. The molecule has 1 aromatic heterocycles. The van der Waals surface area contributed by atoms with Gasteiger partial charge >= 0.3 is 0 Å². The first-order valence-corrected chi connectivity index (χ1v) is 7.47. The zero-order chi connectivity index (χ0) is 14.1. The number of aromatic amines is 1. The van der Waals surface area contributed by atoms with E-state index in [1.165, 1.54) is 18.4 Å². The van der Waals surface area contributed by atoms with Crippen molar-refractivity contribution in [2.24, 2.45) is 5.92 Å². The van der Waals surface area contributed by atoms with Crippen LogP contribution >= 0.6 is 0 Å². The summed E-state index contributed by atoms with van der Waals surface area (Å²) >= 11 is 0. The summed E-state index contributed by atoms with van der Waals surface area (Å²) in [6, 6.07) is 6.21. The fourth-order valence-electron chi connectivity index (χ4n) is 3.18. The van der Waals surface area contributed by atoms with E-state index in [0.29, 0.717) is 12.5 Å². The maximum atomic E-state index is 12.5. The van der Waals surface area contributed by atoms with Crippen LogP contribution in [0.3, 0.4) is 0 Å². The number of aryl methyl sites for hydroxylation is 1. The molecule has 20 heavy (non-hydrogen) atoms. The second kappa shape index (κ2) is 5.41. The van der Waals surface area contributed by atoms with E-state index in [2.05, 4.69) is 35.9 Å². The maximum Gasteiger partial charge on any atom is 0.178 e. The molecule has 1 N–H and O–H groups in total. The van der Waals surface area contributed by atoms with Gasteiger partial charge in [-0.25, -0.2) is 0 Å². The Bertz CT molecular complexity index is 629. The molecule has 0 bridgehead atoms. The number of benzene rings is 1. The number of nitrogens with one attached hydrogen (secondary N) is 1. The van der Waals surface area contributed by atoms with Crippen LogP contribution in [0.25, 0.3) is 10.9 Å². The molecule has 0 saturated carbocycles. The van der Waals surface area contributed by atoms with Crippen molar-refractivity contribution in [2.45, 2.75) is 26.7 Å². The molecule has 1 fully saturated rings. The molecule has 0 aliphatic carbocycles. The topological polar surface area (TPSA) is 36.1 Å². The van der Waals surface area contributed by atoms with Gasteiger partial charge in [0.15, 0.2) is 5.78 Å². The lowest BCUT2D eigenvalue weighted by atomic mass is 9.99. The van der Waals surface area contributed by atoms with Crippen LogP contribution < -0.4 is 0 Å². The molecule has 1 aliphatic rings. The Hall–Kier alpha value is -1.61. The van der Waals surface area contributed by atoms with Gasteiger partial charge in [-0.05, 0) is 44.4 Å². The minimum atomic E-state index is 0.232. The number of hydrogen-bond acceptors (Lipinski definition) is 2. The number of Topliss-reactive ketones (excluding diaryl/α,β-unsaturated/α-hetero) is 1. The summed E-state index contributed by atoms with van der Waals surface area (Å²) < 4.78 is 0. The van der Waals surface area contributed by atoms with E-state index in [1.54, 1.807) is 0 Å². The maximum absolute atomic E-state index is 12.5. The minimum absolute atomic E-state index is 0.232. The summed E-state index contributed by atoms with van der Waals surface area (Å²) in [6.07, 6.45) is 4.36. The van der Waals surface area contributed by atoms with Gasteiger partial charge < -0.3 is 4.98 Å². The molecule has 3 heteroatoms. The van der Waals surface area contributed by atoms with Crippen molar-refractivity contribution in [3.63, 3.8) is 0 Å². The normalized spacial score (nSPS) is 20.4. The van der Waals surface area contributed by atoms with Gasteiger partial charge in [-0.3, -0.25) is 9.69 Å². The summed E-state index contributed by atoms with van der Waals surface area (Å²) in [5.74, 6) is 0.942. The third-order valence-corrected chi connectivity index (χ3v) is 4.25. The van der Waals surface area contributed by atoms with Gasteiger partial charge in [0.25, 0.3) is 0 Å². The summed E-state index contributed by atoms with van der Waals surface area (Å²) in [5.41, 5.74) is 3.07. The number of rotatable bonds is 3. The monoisotopic (exact) mass is 270 g/mol. The second-order valence-corrected chi connectivity index (χ2v) is 6.16. The van der Waals surface area contributed by atoms with Crippen molar-refractivity contribution in [2.75, 3.05) is 19.6 Å². The minimum Gasteiger partial charge on any atom is -0.360 e. The first-order valence-electron chi connectivity index (χ1n) is 7.47. The Morgan fingerprint density at radius 1 is 1.45 bits per heavy atom. The van der Waals surface area contributed by atoms with Crippen LogP contribution in [-0.4, -0.2) is 35.3 Å². The van der Waals surface area contributed by atoms with Crippen LogP contribution in [0.15, 0.2) is 24.4 Å². The quantitative estimate of drug-likeness (QED) is 0.868. The summed E-state index contributed by atoms with van der Waals surface area (Å²) in [5, 5.41) is 1.06. The van der Waals surface area contributed by atoms with Gasteiger partial charge in [-0.2, -0.15) is 0 Å². The number of carbonyl (C=O) groups is 1. The molecule has 1 saturated heterocycles. The predicted molar refractivity (Wildman–Crippen MR) is 82.2 cm³/mol. The van der Waals surface area contributed by atoms with Crippen LogP contribution in [0.5, 0.6) is 0 Å². The molecule has 1 unspecified atom stereocenters. The van der Waals surface area contributed by atoms with E-state index < -0.39 is 0 Å². The molecule has 0 radical (unpaired) electrons. The SMILES string of the molecule is Cc1ccc2[nH]cc(C(=O)CN3CCCC(C)C3)c2c1. The lowest BCUT2D eigenvalue weighted by molar-refractivity contribution is 0.0894. The van der Waals surface area contributed by atoms with Crippen LogP contribution in [0.2, 0.25) is 0 Å². The largest absolute Gasteiger partial charge is 0.360 e. The molecule has 106 valence electrons. The highest BCUT2D eigenvalue weighted by Crippen LogP contribution is 2.21. The molecule has 2 aromatic rings. The summed E-state index contributed by atoms with van der Waals surface area (Å²) in [7, 11) is 0. The molecule has 0 amide bonds. The van der Waals surface area contributed by atoms with Gasteiger partial charge in [0.05, 0.1) is 6.54 Å². The number of likely N-dealkylation sites (tertiary alicyclic amines) is 1. The number of ketones is 1. The van der Waals surface area contributed by atoms with Crippen molar-refractivity contribution in [3.05, 3.63) is 35.5 Å². The zero-order valence-corrected chi connectivity index (χ0v) is 12.3. The molecular formula is C17H22N2O. The van der Waals surface area contributed by atoms with Crippen molar-refractivity contribution in [1.82, 2.24) is 9.88 Å². The number of aromatic nitrogens is 1.